The number of halogens is 3. The number of nitrogens with zero attached hydrogens (tertiary/aromatic N) is 5. The number of hydrogen-bond acceptors (Lipinski definition) is 10. The Hall–Kier alpha value is -3.87. The van der Waals surface area contributed by atoms with Crippen LogP contribution in [0, 0.1) is 0 Å². The van der Waals surface area contributed by atoms with Crippen LogP contribution in [-0.4, -0.2) is 32.2 Å². The first-order chi connectivity index (χ1) is 16.3. The van der Waals surface area contributed by atoms with E-state index < -0.39 is 11.7 Å². The summed E-state index contributed by atoms with van der Waals surface area (Å²) in [6.45, 7) is 0. The van der Waals surface area contributed by atoms with Gasteiger partial charge in [-0.15, -0.1) is 11.8 Å². The second-order valence-corrected chi connectivity index (χ2v) is 7.83. The molecule has 0 aliphatic carbocycles. The number of anilines is 3. The largest absolute Gasteiger partial charge is 0.495 e. The number of aromatic nitrogens is 5. The van der Waals surface area contributed by atoms with Crippen molar-refractivity contribution < 1.29 is 22.4 Å². The molecule has 0 aliphatic heterocycles. The molecule has 0 amide bonds. The SMILES string of the molecule is COc1ccccc1Nc1nc(N)nc(CSCc2nc(-c3cccc(C(F)(F)F)c3)no2)n1. The zero-order valence-corrected chi connectivity index (χ0v) is 18.5. The van der Waals surface area contributed by atoms with Gasteiger partial charge in [-0.1, -0.05) is 29.4 Å². The van der Waals surface area contributed by atoms with E-state index in [1.54, 1.807) is 13.2 Å². The molecule has 9 nitrogen and oxygen atoms in total. The van der Waals surface area contributed by atoms with Gasteiger partial charge in [-0.25, -0.2) is 0 Å². The molecule has 0 atom stereocenters. The molecule has 4 rings (SSSR count). The molecule has 0 bridgehead atoms. The van der Waals surface area contributed by atoms with Crippen molar-refractivity contribution in [2.24, 2.45) is 0 Å². The van der Waals surface area contributed by atoms with E-state index in [2.05, 4.69) is 30.4 Å². The quantitative estimate of drug-likeness (QED) is 0.359. The number of ether oxygens (including phenoxy) is 1. The first kappa shape index (κ1) is 23.3. The van der Waals surface area contributed by atoms with Crippen molar-refractivity contribution in [2.45, 2.75) is 17.7 Å². The van der Waals surface area contributed by atoms with E-state index >= 15 is 0 Å². The van der Waals surface area contributed by atoms with Crippen molar-refractivity contribution in [3.63, 3.8) is 0 Å². The molecular formula is C21H18F3N7O2S. The zero-order valence-electron chi connectivity index (χ0n) is 17.7. The standard InChI is InChI=1S/C21H18F3N7O2S/c1-32-15-8-3-2-7-14(15)26-20-28-16(27-19(25)30-20)10-34-11-17-29-18(31-33-17)12-5-4-6-13(9-12)21(22,23)24/h2-9H,10-11H2,1H3,(H3,25,26,27,28,30). The first-order valence-corrected chi connectivity index (χ1v) is 11.0. The Morgan fingerprint density at radius 3 is 2.65 bits per heavy atom. The Labute approximate surface area is 196 Å². The molecule has 2 heterocycles. The van der Waals surface area contributed by atoms with Crippen LogP contribution in [0.5, 0.6) is 5.75 Å². The van der Waals surface area contributed by atoms with Crippen LogP contribution in [0.4, 0.5) is 30.8 Å². The van der Waals surface area contributed by atoms with Crippen molar-refractivity contribution in [3.8, 4) is 17.1 Å². The van der Waals surface area contributed by atoms with Gasteiger partial charge in [-0.2, -0.15) is 33.1 Å². The Kier molecular flexibility index (Phi) is 6.82. The minimum Gasteiger partial charge on any atom is -0.495 e. The molecule has 0 saturated heterocycles. The topological polar surface area (TPSA) is 125 Å². The van der Waals surface area contributed by atoms with Gasteiger partial charge in [0.05, 0.1) is 29.9 Å². The lowest BCUT2D eigenvalue weighted by Crippen LogP contribution is -2.07. The fraction of sp³-hybridized carbons (Fsp3) is 0.190. The Balaban J connectivity index is 1.39. The van der Waals surface area contributed by atoms with E-state index in [1.165, 1.54) is 23.9 Å². The Morgan fingerprint density at radius 1 is 1.03 bits per heavy atom. The molecular weight excluding hydrogens is 471 g/mol. The Morgan fingerprint density at radius 2 is 1.85 bits per heavy atom. The summed E-state index contributed by atoms with van der Waals surface area (Å²) < 4.78 is 49.3. The number of nitrogen functional groups attached to an aromatic ring is 1. The van der Waals surface area contributed by atoms with Crippen molar-refractivity contribution >= 4 is 29.3 Å². The van der Waals surface area contributed by atoms with Gasteiger partial charge in [-0.3, -0.25) is 0 Å². The molecule has 0 aliphatic rings. The smallest absolute Gasteiger partial charge is 0.416 e. The molecule has 0 saturated carbocycles. The number of nitrogens with one attached hydrogen (secondary N) is 1. The number of rotatable bonds is 8. The van der Waals surface area contributed by atoms with Crippen molar-refractivity contribution in [2.75, 3.05) is 18.2 Å². The van der Waals surface area contributed by atoms with Crippen molar-refractivity contribution in [1.82, 2.24) is 25.1 Å². The molecule has 34 heavy (non-hydrogen) atoms. The highest BCUT2D eigenvalue weighted by atomic mass is 32.2. The van der Waals surface area contributed by atoms with Crippen molar-refractivity contribution in [1.29, 1.82) is 0 Å². The van der Waals surface area contributed by atoms with Gasteiger partial charge in [0.1, 0.15) is 11.6 Å². The lowest BCUT2D eigenvalue weighted by atomic mass is 10.1. The van der Waals surface area contributed by atoms with Gasteiger partial charge in [0.15, 0.2) is 0 Å². The van der Waals surface area contributed by atoms with Crippen LogP contribution in [0.15, 0.2) is 53.1 Å². The van der Waals surface area contributed by atoms with E-state index in [1.807, 2.05) is 18.2 Å². The summed E-state index contributed by atoms with van der Waals surface area (Å²) in [5.41, 5.74) is 5.92. The van der Waals surface area contributed by atoms with Crippen LogP contribution in [-0.2, 0) is 17.7 Å². The third kappa shape index (κ3) is 5.73. The lowest BCUT2D eigenvalue weighted by Gasteiger charge is -2.10. The predicted molar refractivity (Wildman–Crippen MR) is 120 cm³/mol. The molecule has 4 aromatic rings. The van der Waals surface area contributed by atoms with Gasteiger partial charge >= 0.3 is 6.18 Å². The molecule has 2 aromatic carbocycles. The van der Waals surface area contributed by atoms with Crippen LogP contribution >= 0.6 is 11.8 Å². The number of benzene rings is 2. The maximum absolute atomic E-state index is 12.9. The first-order valence-electron chi connectivity index (χ1n) is 9.80. The molecule has 3 N–H and O–H groups in total. The molecule has 176 valence electrons. The second kappa shape index (κ2) is 9.95. The number of para-hydroxylation sites is 2. The normalized spacial score (nSPS) is 11.4. The number of hydrogen-bond donors (Lipinski definition) is 2. The number of alkyl halides is 3. The number of nitrogens with two attached hydrogens (primary N) is 1. The van der Waals surface area contributed by atoms with E-state index in [-0.39, 0.29) is 29.2 Å². The van der Waals surface area contributed by atoms with Gasteiger partial charge < -0.3 is 20.3 Å². The summed E-state index contributed by atoms with van der Waals surface area (Å²) >= 11 is 1.37. The maximum atomic E-state index is 12.9. The fourth-order valence-corrected chi connectivity index (χ4v) is 3.63. The van der Waals surface area contributed by atoms with Crippen LogP contribution in [0.3, 0.4) is 0 Å². The van der Waals surface area contributed by atoms with E-state index in [0.717, 1.165) is 12.1 Å². The van der Waals surface area contributed by atoms with E-state index in [4.69, 9.17) is 15.0 Å². The molecule has 0 radical (unpaired) electrons. The molecule has 0 spiro atoms. The maximum Gasteiger partial charge on any atom is 0.416 e. The van der Waals surface area contributed by atoms with Crippen LogP contribution in [0.2, 0.25) is 0 Å². The van der Waals surface area contributed by atoms with Gasteiger partial charge in [-0.05, 0) is 24.3 Å². The second-order valence-electron chi connectivity index (χ2n) is 6.84. The number of thioether (sulfide) groups is 1. The summed E-state index contributed by atoms with van der Waals surface area (Å²) in [4.78, 5) is 16.7. The minimum absolute atomic E-state index is 0.0487. The van der Waals surface area contributed by atoms with E-state index in [9.17, 15) is 13.2 Å². The molecule has 0 fully saturated rings. The molecule has 0 unspecified atom stereocenters. The summed E-state index contributed by atoms with van der Waals surface area (Å²) in [6, 6.07) is 12.0. The van der Waals surface area contributed by atoms with E-state index in [0.29, 0.717) is 28.8 Å². The summed E-state index contributed by atoms with van der Waals surface area (Å²) in [7, 11) is 1.56. The predicted octanol–water partition coefficient (Wildman–Crippen LogP) is 4.71. The van der Waals surface area contributed by atoms with Crippen LogP contribution < -0.4 is 15.8 Å². The van der Waals surface area contributed by atoms with Crippen LogP contribution in [0.1, 0.15) is 17.3 Å². The minimum atomic E-state index is -4.45. The molecule has 13 heteroatoms. The van der Waals surface area contributed by atoms with Crippen molar-refractivity contribution in [3.05, 3.63) is 65.8 Å². The average molecular weight is 489 g/mol. The average Bonchev–Trinajstić information content (AvgIpc) is 3.28. The summed E-state index contributed by atoms with van der Waals surface area (Å²) in [5, 5.41) is 6.83. The third-order valence-electron chi connectivity index (χ3n) is 4.43. The molecule has 2 aromatic heterocycles. The van der Waals surface area contributed by atoms with Gasteiger partial charge in [0.25, 0.3) is 0 Å². The summed E-state index contributed by atoms with van der Waals surface area (Å²) in [6.07, 6.45) is -4.45. The lowest BCUT2D eigenvalue weighted by molar-refractivity contribution is -0.137. The zero-order chi connectivity index (χ0) is 24.1. The Bertz CT molecular complexity index is 1280. The fourth-order valence-electron chi connectivity index (χ4n) is 2.92. The monoisotopic (exact) mass is 489 g/mol. The van der Waals surface area contributed by atoms with Crippen LogP contribution in [0.25, 0.3) is 11.4 Å². The van der Waals surface area contributed by atoms with Gasteiger partial charge in [0, 0.05) is 5.56 Å². The van der Waals surface area contributed by atoms with Gasteiger partial charge in [0.2, 0.25) is 23.6 Å². The summed E-state index contributed by atoms with van der Waals surface area (Å²) in [5.74, 6) is 2.34. The highest BCUT2D eigenvalue weighted by Gasteiger charge is 2.30. The number of methoxy groups -OCH3 is 1. The highest BCUT2D eigenvalue weighted by molar-refractivity contribution is 7.97. The highest BCUT2D eigenvalue weighted by Crippen LogP contribution is 2.31. The third-order valence-corrected chi connectivity index (χ3v) is 5.34.